The third kappa shape index (κ3) is 2.72. The normalized spacial score (nSPS) is 11.2. The van der Waals surface area contributed by atoms with Crippen molar-refractivity contribution in [3.8, 4) is 17.2 Å². The van der Waals surface area contributed by atoms with E-state index in [0.717, 1.165) is 16.6 Å². The van der Waals surface area contributed by atoms with Crippen molar-refractivity contribution >= 4 is 10.9 Å². The van der Waals surface area contributed by atoms with E-state index < -0.39 is 0 Å². The van der Waals surface area contributed by atoms with Gasteiger partial charge in [-0.15, -0.1) is 0 Å². The van der Waals surface area contributed by atoms with E-state index in [-0.39, 0.29) is 17.5 Å². The Morgan fingerprint density at radius 3 is 2.32 bits per heavy atom. The molecule has 0 unspecified atom stereocenters. The van der Waals surface area contributed by atoms with E-state index >= 15 is 0 Å². The first-order valence-electron chi connectivity index (χ1n) is 7.29. The van der Waals surface area contributed by atoms with E-state index in [2.05, 4.69) is 24.5 Å². The average Bonchev–Trinajstić information content (AvgIpc) is 2.84. The minimum Gasteiger partial charge on any atom is -0.508 e. The monoisotopic (exact) mass is 297 g/mol. The molecule has 1 aromatic heterocycles. The van der Waals surface area contributed by atoms with Gasteiger partial charge in [0.2, 0.25) is 0 Å². The fourth-order valence-electron chi connectivity index (χ4n) is 2.69. The van der Waals surface area contributed by atoms with E-state index in [1.165, 1.54) is 0 Å². The predicted molar refractivity (Wildman–Crippen MR) is 86.4 cm³/mol. The standard InChI is InChI=1S/C18H19NO3/c1-12(2)19-14(9-13-3-4-16(21)10-18(13)19)11-22-17-7-5-15(20)6-8-17/h3-10,12,20-21H,11H2,1-2H3. The van der Waals surface area contributed by atoms with Crippen LogP contribution in [0.2, 0.25) is 0 Å². The van der Waals surface area contributed by atoms with Crippen LogP contribution < -0.4 is 4.74 Å². The fraction of sp³-hybridized carbons (Fsp3) is 0.222. The number of phenolic OH excluding ortho intramolecular Hbond substituents is 2. The van der Waals surface area contributed by atoms with Crippen LogP contribution in [0.3, 0.4) is 0 Å². The minimum atomic E-state index is 0.221. The quantitative estimate of drug-likeness (QED) is 0.758. The summed E-state index contributed by atoms with van der Waals surface area (Å²) in [4.78, 5) is 0. The highest BCUT2D eigenvalue weighted by Crippen LogP contribution is 2.28. The number of hydrogen-bond acceptors (Lipinski definition) is 3. The lowest BCUT2D eigenvalue weighted by Crippen LogP contribution is -2.08. The SMILES string of the molecule is CC(C)n1c(COc2ccc(O)cc2)cc2ccc(O)cc21. The number of aromatic hydroxyl groups is 2. The van der Waals surface area contributed by atoms with Gasteiger partial charge < -0.3 is 19.5 Å². The molecule has 0 saturated carbocycles. The molecule has 0 fully saturated rings. The van der Waals surface area contributed by atoms with Gasteiger partial charge >= 0.3 is 0 Å². The summed E-state index contributed by atoms with van der Waals surface area (Å²) >= 11 is 0. The minimum absolute atomic E-state index is 0.221. The first-order chi connectivity index (χ1) is 10.5. The van der Waals surface area contributed by atoms with Crippen molar-refractivity contribution in [1.29, 1.82) is 0 Å². The van der Waals surface area contributed by atoms with Crippen LogP contribution >= 0.6 is 0 Å². The van der Waals surface area contributed by atoms with Crippen molar-refractivity contribution in [2.45, 2.75) is 26.5 Å². The van der Waals surface area contributed by atoms with Crippen LogP contribution in [0.15, 0.2) is 48.5 Å². The Bertz CT molecular complexity index is 788. The lowest BCUT2D eigenvalue weighted by molar-refractivity contribution is 0.292. The van der Waals surface area contributed by atoms with Crippen molar-refractivity contribution in [3.05, 3.63) is 54.2 Å². The lowest BCUT2D eigenvalue weighted by Gasteiger charge is -2.15. The molecule has 0 amide bonds. The smallest absolute Gasteiger partial charge is 0.128 e. The van der Waals surface area contributed by atoms with Crippen molar-refractivity contribution in [1.82, 2.24) is 4.57 Å². The van der Waals surface area contributed by atoms with Crippen LogP contribution in [0.4, 0.5) is 0 Å². The summed E-state index contributed by atoms with van der Waals surface area (Å²) < 4.78 is 7.97. The van der Waals surface area contributed by atoms with Gasteiger partial charge in [0.25, 0.3) is 0 Å². The van der Waals surface area contributed by atoms with Crippen molar-refractivity contribution in [2.24, 2.45) is 0 Å². The summed E-state index contributed by atoms with van der Waals surface area (Å²) in [6.45, 7) is 4.64. The molecule has 4 heteroatoms. The Hall–Kier alpha value is -2.62. The maximum atomic E-state index is 9.71. The summed E-state index contributed by atoms with van der Waals surface area (Å²) in [5, 5.41) is 20.1. The molecule has 0 atom stereocenters. The second-order valence-corrected chi connectivity index (χ2v) is 5.63. The lowest BCUT2D eigenvalue weighted by atomic mass is 10.2. The number of aromatic nitrogens is 1. The first-order valence-corrected chi connectivity index (χ1v) is 7.29. The third-order valence-corrected chi connectivity index (χ3v) is 3.64. The molecular weight excluding hydrogens is 278 g/mol. The highest BCUT2D eigenvalue weighted by Gasteiger charge is 2.12. The van der Waals surface area contributed by atoms with Crippen molar-refractivity contribution in [3.63, 3.8) is 0 Å². The molecule has 0 aliphatic heterocycles. The van der Waals surface area contributed by atoms with Crippen LogP contribution in [-0.4, -0.2) is 14.8 Å². The second kappa shape index (κ2) is 5.64. The van der Waals surface area contributed by atoms with Crippen LogP contribution in [0, 0.1) is 0 Å². The van der Waals surface area contributed by atoms with E-state index in [9.17, 15) is 10.2 Å². The van der Waals surface area contributed by atoms with Gasteiger partial charge in [0.05, 0.1) is 11.2 Å². The highest BCUT2D eigenvalue weighted by molar-refractivity contribution is 5.82. The number of fused-ring (bicyclic) bond motifs is 1. The maximum Gasteiger partial charge on any atom is 0.128 e. The van der Waals surface area contributed by atoms with Crippen LogP contribution in [0.1, 0.15) is 25.6 Å². The Kier molecular flexibility index (Phi) is 3.67. The number of rotatable bonds is 4. The molecule has 3 rings (SSSR count). The fourth-order valence-corrected chi connectivity index (χ4v) is 2.69. The highest BCUT2D eigenvalue weighted by atomic mass is 16.5. The zero-order chi connectivity index (χ0) is 15.7. The number of phenols is 2. The third-order valence-electron chi connectivity index (χ3n) is 3.64. The molecule has 0 spiro atoms. The van der Waals surface area contributed by atoms with Crippen LogP contribution in [0.25, 0.3) is 10.9 Å². The molecule has 114 valence electrons. The van der Waals surface area contributed by atoms with Gasteiger partial charge in [0.15, 0.2) is 0 Å². The van der Waals surface area contributed by atoms with E-state index in [1.807, 2.05) is 6.07 Å². The molecule has 0 radical (unpaired) electrons. The Balaban J connectivity index is 1.92. The predicted octanol–water partition coefficient (Wildman–Crippen LogP) is 4.21. The largest absolute Gasteiger partial charge is 0.508 e. The molecule has 1 heterocycles. The van der Waals surface area contributed by atoms with Gasteiger partial charge in [0, 0.05) is 17.5 Å². The number of benzene rings is 2. The van der Waals surface area contributed by atoms with Gasteiger partial charge in [-0.05, 0) is 56.3 Å². The summed E-state index contributed by atoms with van der Waals surface area (Å²) in [7, 11) is 0. The number of hydrogen-bond donors (Lipinski definition) is 2. The van der Waals surface area contributed by atoms with Crippen molar-refractivity contribution in [2.75, 3.05) is 0 Å². The van der Waals surface area contributed by atoms with E-state index in [4.69, 9.17) is 4.74 Å². The zero-order valence-electron chi connectivity index (χ0n) is 12.7. The Morgan fingerprint density at radius 2 is 1.64 bits per heavy atom. The molecule has 2 aromatic carbocycles. The summed E-state index contributed by atoms with van der Waals surface area (Å²) in [5.74, 6) is 1.19. The Labute approximate surface area is 129 Å². The molecular formula is C18H19NO3. The molecule has 0 saturated heterocycles. The average molecular weight is 297 g/mol. The van der Waals surface area contributed by atoms with E-state index in [0.29, 0.717) is 12.4 Å². The summed E-state index contributed by atoms with van der Waals surface area (Å²) in [5.41, 5.74) is 2.04. The van der Waals surface area contributed by atoms with E-state index in [1.54, 1.807) is 36.4 Å². The molecule has 22 heavy (non-hydrogen) atoms. The molecule has 0 aliphatic rings. The van der Waals surface area contributed by atoms with Gasteiger partial charge in [-0.25, -0.2) is 0 Å². The molecule has 3 aromatic rings. The van der Waals surface area contributed by atoms with Gasteiger partial charge in [0.1, 0.15) is 23.9 Å². The van der Waals surface area contributed by atoms with Gasteiger partial charge in [-0.3, -0.25) is 0 Å². The van der Waals surface area contributed by atoms with Crippen LogP contribution in [-0.2, 0) is 6.61 Å². The Morgan fingerprint density at radius 1 is 0.955 bits per heavy atom. The molecule has 2 N–H and O–H groups in total. The molecule has 0 aliphatic carbocycles. The van der Waals surface area contributed by atoms with Gasteiger partial charge in [-0.1, -0.05) is 0 Å². The topological polar surface area (TPSA) is 54.6 Å². The summed E-state index contributed by atoms with van der Waals surface area (Å²) in [6, 6.07) is 14.4. The first kappa shape index (κ1) is 14.3. The number of ether oxygens (including phenoxy) is 1. The molecule has 4 nitrogen and oxygen atoms in total. The zero-order valence-corrected chi connectivity index (χ0v) is 12.7. The summed E-state index contributed by atoms with van der Waals surface area (Å²) in [6.07, 6.45) is 0. The van der Waals surface area contributed by atoms with Gasteiger partial charge in [-0.2, -0.15) is 0 Å². The molecule has 0 bridgehead atoms. The maximum absolute atomic E-state index is 9.71. The number of nitrogens with zero attached hydrogens (tertiary/aromatic N) is 1. The van der Waals surface area contributed by atoms with Crippen molar-refractivity contribution < 1.29 is 14.9 Å². The van der Waals surface area contributed by atoms with Crippen LogP contribution in [0.5, 0.6) is 17.2 Å². The second-order valence-electron chi connectivity index (χ2n) is 5.63.